The van der Waals surface area contributed by atoms with Crippen LogP contribution in [0.1, 0.15) is 44.5 Å². The molecule has 54 heavy (non-hydrogen) atoms. The lowest BCUT2D eigenvalue weighted by molar-refractivity contribution is 1.33. The molecule has 2 aliphatic rings. The summed E-state index contributed by atoms with van der Waals surface area (Å²) in [5, 5.41) is 7.53. The van der Waals surface area contributed by atoms with E-state index in [1.807, 2.05) is 24.3 Å². The van der Waals surface area contributed by atoms with Gasteiger partial charge in [0.25, 0.3) is 0 Å². The molecule has 0 fully saturated rings. The zero-order valence-electron chi connectivity index (χ0n) is 29.2. The predicted molar refractivity (Wildman–Crippen MR) is 227 cm³/mol. The van der Waals surface area contributed by atoms with Crippen molar-refractivity contribution in [1.82, 2.24) is 4.98 Å². The van der Waals surface area contributed by atoms with E-state index in [1.165, 1.54) is 43.4 Å². The fraction of sp³-hybridized carbons (Fsp3) is 0. The smallest absolute Gasteiger partial charge is 0.0801 e. The van der Waals surface area contributed by atoms with Crippen LogP contribution >= 0.6 is 0 Å². The Labute approximate surface area is 313 Å². The maximum atomic E-state index is 5.90. The minimum atomic E-state index is 0.852. The molecule has 0 N–H and O–H groups in total. The van der Waals surface area contributed by atoms with E-state index in [4.69, 9.17) is 17.8 Å². The third-order valence-electron chi connectivity index (χ3n) is 11.2. The van der Waals surface area contributed by atoms with Gasteiger partial charge in [0.2, 0.25) is 0 Å². The number of fused-ring (bicyclic) bond motifs is 6. The van der Waals surface area contributed by atoms with E-state index < -0.39 is 0 Å². The topological polar surface area (TPSA) is 12.9 Å². The zero-order valence-corrected chi connectivity index (χ0v) is 29.2. The highest BCUT2D eigenvalue weighted by Crippen LogP contribution is 2.57. The summed E-state index contributed by atoms with van der Waals surface area (Å²) in [6, 6.07) is 54.1. The van der Waals surface area contributed by atoms with Crippen molar-refractivity contribution in [3.05, 3.63) is 196 Å². The van der Waals surface area contributed by atoms with Gasteiger partial charge in [-0.1, -0.05) is 139 Å². The Morgan fingerprint density at radius 2 is 0.889 bits per heavy atom. The first kappa shape index (κ1) is 30.2. The Morgan fingerprint density at radius 1 is 0.407 bits per heavy atom. The molecule has 1 nitrogen and oxygen atoms in total. The first-order valence-electron chi connectivity index (χ1n) is 18.2. The van der Waals surface area contributed by atoms with Crippen molar-refractivity contribution >= 4 is 55.6 Å². The van der Waals surface area contributed by atoms with Gasteiger partial charge < -0.3 is 0 Å². The molecule has 0 amide bonds. The number of pyridine rings is 1. The van der Waals surface area contributed by atoms with Gasteiger partial charge in [-0.2, -0.15) is 0 Å². The molecular weight excluding hydrogens is 651 g/mol. The predicted octanol–water partition coefficient (Wildman–Crippen LogP) is 12.7. The van der Waals surface area contributed by atoms with Crippen LogP contribution in [-0.2, 0) is 0 Å². The van der Waals surface area contributed by atoms with Crippen LogP contribution in [0.5, 0.6) is 0 Å². The zero-order chi connectivity index (χ0) is 35.9. The van der Waals surface area contributed by atoms with Crippen LogP contribution in [0, 0.1) is 24.7 Å². The summed E-state index contributed by atoms with van der Waals surface area (Å²) in [6.45, 7) is 0. The molecule has 1 heteroatoms. The van der Waals surface area contributed by atoms with E-state index in [2.05, 4.69) is 151 Å². The molecule has 8 aromatic carbocycles. The van der Waals surface area contributed by atoms with Gasteiger partial charge in [-0.3, -0.25) is 0 Å². The summed E-state index contributed by atoms with van der Waals surface area (Å²) >= 11 is 0. The third-order valence-corrected chi connectivity index (χ3v) is 11.2. The number of rotatable bonds is 3. The van der Waals surface area contributed by atoms with Gasteiger partial charge in [0, 0.05) is 38.9 Å². The normalized spacial score (nSPS) is 14.0. The second kappa shape index (κ2) is 11.5. The van der Waals surface area contributed by atoms with E-state index in [1.54, 1.807) is 0 Å². The minimum absolute atomic E-state index is 0.852. The lowest BCUT2D eigenvalue weighted by atomic mass is 9.83. The van der Waals surface area contributed by atoms with E-state index >= 15 is 0 Å². The standard InChI is InChI=1S/C53H29N/c1-3-32-12-9-14-34(28-32)30-45-39-18-5-7-20-43(39)52-50(45)49(42-27-25-38-23-22-36-16-11-17-37-24-26-41(42)48(38)47(36)37)51-46(31-35-15-10-13-33(4-2)29-35)40-19-6-8-21-44(40)53(51)54-52/h1-2,5-31H/b45-30+,46-31+. The Kier molecular flexibility index (Phi) is 6.45. The monoisotopic (exact) mass is 679 g/mol. The van der Waals surface area contributed by atoms with E-state index in [9.17, 15) is 0 Å². The molecular formula is C53H29N. The third kappa shape index (κ3) is 4.34. The van der Waals surface area contributed by atoms with Crippen LogP contribution < -0.4 is 0 Å². The number of terminal acetylenes is 2. The van der Waals surface area contributed by atoms with Gasteiger partial charge in [0.05, 0.1) is 11.4 Å². The van der Waals surface area contributed by atoms with E-state index in [-0.39, 0.29) is 0 Å². The molecule has 11 rings (SSSR count). The Bertz CT molecular complexity index is 3070. The highest BCUT2D eigenvalue weighted by atomic mass is 14.8. The van der Waals surface area contributed by atoms with E-state index in [0.29, 0.717) is 0 Å². The number of hydrogen-bond donors (Lipinski definition) is 0. The number of nitrogens with zero attached hydrogens (tertiary/aromatic N) is 1. The second-order valence-electron chi connectivity index (χ2n) is 14.1. The molecule has 9 aromatic rings. The van der Waals surface area contributed by atoms with Crippen molar-refractivity contribution in [2.75, 3.05) is 0 Å². The van der Waals surface area contributed by atoms with Crippen LogP contribution in [0.25, 0.3) is 89.3 Å². The second-order valence-corrected chi connectivity index (χ2v) is 14.1. The van der Waals surface area contributed by atoms with Crippen LogP contribution in [0.2, 0.25) is 0 Å². The summed E-state index contributed by atoms with van der Waals surface area (Å²) in [7, 11) is 0. The summed E-state index contributed by atoms with van der Waals surface area (Å²) in [4.78, 5) is 5.67. The molecule has 1 aromatic heterocycles. The Morgan fingerprint density at radius 3 is 1.44 bits per heavy atom. The fourth-order valence-corrected chi connectivity index (χ4v) is 8.91. The average Bonchev–Trinajstić information content (AvgIpc) is 3.71. The molecule has 0 bridgehead atoms. The maximum Gasteiger partial charge on any atom is 0.0801 e. The maximum absolute atomic E-state index is 5.90. The Hall–Kier alpha value is -7.45. The molecule has 0 saturated heterocycles. The van der Waals surface area contributed by atoms with Crippen molar-refractivity contribution in [3.8, 4) is 58.3 Å². The molecule has 1 heterocycles. The number of aromatic nitrogens is 1. The molecule has 0 saturated carbocycles. The van der Waals surface area contributed by atoms with Crippen LogP contribution in [0.3, 0.4) is 0 Å². The van der Waals surface area contributed by atoms with E-state index in [0.717, 1.165) is 78.2 Å². The first-order valence-corrected chi connectivity index (χ1v) is 18.2. The summed E-state index contributed by atoms with van der Waals surface area (Å²) in [6.07, 6.45) is 16.4. The van der Waals surface area contributed by atoms with Crippen molar-refractivity contribution < 1.29 is 0 Å². The van der Waals surface area contributed by atoms with Crippen LogP contribution in [0.4, 0.5) is 0 Å². The summed E-state index contributed by atoms with van der Waals surface area (Å²) in [5.41, 5.74) is 17.3. The molecule has 0 radical (unpaired) electrons. The molecule has 0 spiro atoms. The van der Waals surface area contributed by atoms with Gasteiger partial charge in [0.1, 0.15) is 0 Å². The highest BCUT2D eigenvalue weighted by molar-refractivity contribution is 6.27. The number of benzene rings is 8. The number of hydrogen-bond acceptors (Lipinski definition) is 1. The van der Waals surface area contributed by atoms with Crippen LogP contribution in [0.15, 0.2) is 152 Å². The van der Waals surface area contributed by atoms with Gasteiger partial charge in [-0.15, -0.1) is 12.8 Å². The van der Waals surface area contributed by atoms with Crippen molar-refractivity contribution in [3.63, 3.8) is 0 Å². The minimum Gasteiger partial charge on any atom is -0.246 e. The summed E-state index contributed by atoms with van der Waals surface area (Å²) < 4.78 is 0. The van der Waals surface area contributed by atoms with Gasteiger partial charge in [-0.05, 0) is 108 Å². The fourth-order valence-electron chi connectivity index (χ4n) is 8.91. The molecule has 2 aliphatic carbocycles. The molecule has 0 aliphatic heterocycles. The molecule has 0 unspecified atom stereocenters. The first-order chi connectivity index (χ1) is 26.7. The quantitative estimate of drug-likeness (QED) is 0.134. The largest absolute Gasteiger partial charge is 0.246 e. The van der Waals surface area contributed by atoms with Crippen LogP contribution in [-0.4, -0.2) is 4.98 Å². The van der Waals surface area contributed by atoms with Gasteiger partial charge in [0.15, 0.2) is 0 Å². The van der Waals surface area contributed by atoms with Gasteiger partial charge >= 0.3 is 0 Å². The summed E-state index contributed by atoms with van der Waals surface area (Å²) in [5.74, 6) is 5.66. The lowest BCUT2D eigenvalue weighted by Gasteiger charge is -2.20. The Balaban J connectivity index is 1.33. The molecule has 0 atom stereocenters. The van der Waals surface area contributed by atoms with Crippen molar-refractivity contribution in [2.45, 2.75) is 0 Å². The lowest BCUT2D eigenvalue weighted by Crippen LogP contribution is -1.99. The SMILES string of the molecule is C#Cc1cccc(/C=C2\c3ccccc3-c3nc4c(c(-c5ccc6ccc7cccc8ccc5c6c78)c32)/C(=C/c2cccc(C#C)c2)c2ccccc2-4)c1. The molecule has 246 valence electrons. The van der Waals surface area contributed by atoms with Gasteiger partial charge in [-0.25, -0.2) is 4.98 Å². The average molecular weight is 680 g/mol. The highest BCUT2D eigenvalue weighted by Gasteiger charge is 2.37. The van der Waals surface area contributed by atoms with Crippen molar-refractivity contribution in [1.29, 1.82) is 0 Å². The van der Waals surface area contributed by atoms with Crippen molar-refractivity contribution in [2.24, 2.45) is 0 Å².